The van der Waals surface area contributed by atoms with Gasteiger partial charge in [-0.2, -0.15) is 0 Å². The minimum atomic E-state index is -0.533. The van der Waals surface area contributed by atoms with E-state index in [1.54, 1.807) is 24.3 Å². The van der Waals surface area contributed by atoms with Crippen molar-refractivity contribution in [3.63, 3.8) is 0 Å². The van der Waals surface area contributed by atoms with Crippen molar-refractivity contribution in [3.8, 4) is 11.5 Å². The zero-order valence-electron chi connectivity index (χ0n) is 17.0. The lowest BCUT2D eigenvalue weighted by atomic mass is 9.92. The van der Waals surface area contributed by atoms with E-state index >= 15 is 0 Å². The highest BCUT2D eigenvalue weighted by Gasteiger charge is 2.22. The Hall–Kier alpha value is -3.50. The summed E-state index contributed by atoms with van der Waals surface area (Å²) in [6, 6.07) is 25.6. The van der Waals surface area contributed by atoms with Gasteiger partial charge in [0, 0.05) is 10.6 Å². The Morgan fingerprint density at radius 2 is 1.74 bits per heavy atom. The molecule has 0 bridgehead atoms. The second-order valence-corrected chi connectivity index (χ2v) is 7.77. The first-order chi connectivity index (χ1) is 15.0. The van der Waals surface area contributed by atoms with Gasteiger partial charge in [-0.3, -0.25) is 4.79 Å². The highest BCUT2D eigenvalue weighted by molar-refractivity contribution is 6.30. The van der Waals surface area contributed by atoms with Gasteiger partial charge in [0.25, 0.3) is 5.91 Å². The summed E-state index contributed by atoms with van der Waals surface area (Å²) in [5.41, 5.74) is 2.37. The number of ether oxygens (including phenoxy) is 1. The molecule has 5 heteroatoms. The standard InChI is InChI=1S/C26H22ClNO3/c1-17-15-20(27)12-14-23(17)31-16-24(30)28-26(19-8-3-2-4-9-19)25-21-10-6-5-7-18(21)11-13-22(25)29/h2-15,26,29H,16H2,1H3,(H,28,30). The molecule has 0 aromatic heterocycles. The highest BCUT2D eigenvalue weighted by Crippen LogP contribution is 2.35. The Bertz CT molecular complexity index is 1220. The average Bonchev–Trinajstić information content (AvgIpc) is 2.78. The molecule has 0 aliphatic rings. The number of aryl methyl sites for hydroxylation is 1. The van der Waals surface area contributed by atoms with Crippen molar-refractivity contribution in [2.75, 3.05) is 6.61 Å². The third kappa shape index (κ3) is 4.65. The molecule has 0 fully saturated rings. The molecule has 1 unspecified atom stereocenters. The number of carbonyl (C=O) groups is 1. The van der Waals surface area contributed by atoms with E-state index in [-0.39, 0.29) is 18.3 Å². The maximum Gasteiger partial charge on any atom is 0.258 e. The van der Waals surface area contributed by atoms with Crippen molar-refractivity contribution in [1.82, 2.24) is 5.32 Å². The molecule has 4 rings (SSSR count). The van der Waals surface area contributed by atoms with E-state index in [1.807, 2.05) is 67.6 Å². The van der Waals surface area contributed by atoms with Crippen LogP contribution in [0, 0.1) is 6.92 Å². The van der Waals surface area contributed by atoms with Crippen molar-refractivity contribution in [1.29, 1.82) is 0 Å². The first kappa shape index (κ1) is 20.8. The molecule has 156 valence electrons. The van der Waals surface area contributed by atoms with Crippen molar-refractivity contribution >= 4 is 28.3 Å². The number of fused-ring (bicyclic) bond motifs is 1. The van der Waals surface area contributed by atoms with Crippen LogP contribution in [0.2, 0.25) is 5.02 Å². The van der Waals surface area contributed by atoms with Crippen LogP contribution in [-0.2, 0) is 4.79 Å². The van der Waals surface area contributed by atoms with Crippen molar-refractivity contribution in [2.24, 2.45) is 0 Å². The quantitative estimate of drug-likeness (QED) is 0.406. The second-order valence-electron chi connectivity index (χ2n) is 7.33. The largest absolute Gasteiger partial charge is 0.508 e. The fourth-order valence-corrected chi connectivity index (χ4v) is 3.90. The third-order valence-electron chi connectivity index (χ3n) is 5.17. The molecule has 4 nitrogen and oxygen atoms in total. The van der Waals surface area contributed by atoms with Crippen molar-refractivity contribution in [3.05, 3.63) is 107 Å². The van der Waals surface area contributed by atoms with Gasteiger partial charge in [0.05, 0.1) is 6.04 Å². The molecule has 4 aromatic rings. The number of nitrogens with one attached hydrogen (secondary N) is 1. The molecule has 0 aliphatic heterocycles. The van der Waals surface area contributed by atoms with Crippen LogP contribution >= 0.6 is 11.6 Å². The Balaban J connectivity index is 1.64. The Labute approximate surface area is 186 Å². The van der Waals surface area contributed by atoms with E-state index in [1.165, 1.54) is 0 Å². The van der Waals surface area contributed by atoms with Gasteiger partial charge in [-0.15, -0.1) is 0 Å². The molecule has 1 atom stereocenters. The summed E-state index contributed by atoms with van der Waals surface area (Å²) in [5, 5.41) is 16.2. The second kappa shape index (κ2) is 9.11. The maximum atomic E-state index is 12.9. The van der Waals surface area contributed by atoms with Gasteiger partial charge in [-0.25, -0.2) is 0 Å². The molecule has 0 spiro atoms. The van der Waals surface area contributed by atoms with Gasteiger partial charge in [-0.1, -0.05) is 72.3 Å². The zero-order valence-corrected chi connectivity index (χ0v) is 17.8. The first-order valence-corrected chi connectivity index (χ1v) is 10.3. The molecule has 31 heavy (non-hydrogen) atoms. The van der Waals surface area contributed by atoms with E-state index < -0.39 is 6.04 Å². The number of halogens is 1. The highest BCUT2D eigenvalue weighted by atomic mass is 35.5. The predicted octanol–water partition coefficient (Wildman–Crippen LogP) is 5.79. The van der Waals surface area contributed by atoms with E-state index in [0.717, 1.165) is 21.9 Å². The lowest BCUT2D eigenvalue weighted by molar-refractivity contribution is -0.123. The van der Waals surface area contributed by atoms with Crippen LogP contribution < -0.4 is 10.1 Å². The number of benzene rings is 4. The lowest BCUT2D eigenvalue weighted by Gasteiger charge is -2.23. The van der Waals surface area contributed by atoms with Gasteiger partial charge < -0.3 is 15.2 Å². The molecule has 0 saturated heterocycles. The van der Waals surface area contributed by atoms with E-state index in [2.05, 4.69) is 5.32 Å². The molecular weight excluding hydrogens is 410 g/mol. The number of amides is 1. The number of hydrogen-bond acceptors (Lipinski definition) is 3. The fourth-order valence-electron chi connectivity index (χ4n) is 3.68. The van der Waals surface area contributed by atoms with Crippen molar-refractivity contribution < 1.29 is 14.6 Å². The van der Waals surface area contributed by atoms with Crippen LogP contribution in [0.25, 0.3) is 10.8 Å². The monoisotopic (exact) mass is 431 g/mol. The summed E-state index contributed by atoms with van der Waals surface area (Å²) >= 11 is 5.99. The summed E-state index contributed by atoms with van der Waals surface area (Å²) in [6.07, 6.45) is 0. The minimum Gasteiger partial charge on any atom is -0.508 e. The topological polar surface area (TPSA) is 58.6 Å². The molecule has 1 amide bonds. The fraction of sp³-hybridized carbons (Fsp3) is 0.115. The summed E-state index contributed by atoms with van der Waals surface area (Å²) in [4.78, 5) is 12.9. The van der Waals surface area contributed by atoms with Crippen molar-refractivity contribution in [2.45, 2.75) is 13.0 Å². The Morgan fingerprint density at radius 3 is 2.52 bits per heavy atom. The molecule has 0 saturated carbocycles. The van der Waals surface area contributed by atoms with Gasteiger partial charge in [-0.05, 0) is 53.1 Å². The van der Waals surface area contributed by atoms with Gasteiger partial charge >= 0.3 is 0 Å². The number of rotatable bonds is 6. The van der Waals surface area contributed by atoms with Crippen LogP contribution in [0.5, 0.6) is 11.5 Å². The molecule has 0 heterocycles. The molecule has 0 radical (unpaired) electrons. The third-order valence-corrected chi connectivity index (χ3v) is 5.41. The van der Waals surface area contributed by atoms with E-state index in [4.69, 9.17) is 16.3 Å². The summed E-state index contributed by atoms with van der Waals surface area (Å²) in [5.74, 6) is 0.432. The summed E-state index contributed by atoms with van der Waals surface area (Å²) < 4.78 is 5.71. The normalized spacial score (nSPS) is 11.8. The zero-order chi connectivity index (χ0) is 21.8. The Morgan fingerprint density at radius 1 is 1.00 bits per heavy atom. The van der Waals surface area contributed by atoms with Crippen LogP contribution in [0.3, 0.4) is 0 Å². The molecule has 4 aromatic carbocycles. The number of hydrogen-bond donors (Lipinski definition) is 2. The van der Waals surface area contributed by atoms with Crippen LogP contribution in [0.4, 0.5) is 0 Å². The number of carbonyl (C=O) groups excluding carboxylic acids is 1. The average molecular weight is 432 g/mol. The van der Waals surface area contributed by atoms with Crippen LogP contribution in [0.1, 0.15) is 22.7 Å². The lowest BCUT2D eigenvalue weighted by Crippen LogP contribution is -2.33. The van der Waals surface area contributed by atoms with E-state index in [0.29, 0.717) is 16.3 Å². The molecular formula is C26H22ClNO3. The van der Waals surface area contributed by atoms with Gasteiger partial charge in [0.2, 0.25) is 0 Å². The van der Waals surface area contributed by atoms with Gasteiger partial charge in [0.15, 0.2) is 6.61 Å². The van der Waals surface area contributed by atoms with Crippen LogP contribution in [-0.4, -0.2) is 17.6 Å². The maximum absolute atomic E-state index is 12.9. The smallest absolute Gasteiger partial charge is 0.258 e. The predicted molar refractivity (Wildman–Crippen MR) is 124 cm³/mol. The summed E-state index contributed by atoms with van der Waals surface area (Å²) in [6.45, 7) is 1.72. The Kier molecular flexibility index (Phi) is 6.10. The van der Waals surface area contributed by atoms with Crippen LogP contribution in [0.15, 0.2) is 84.9 Å². The number of phenols is 1. The SMILES string of the molecule is Cc1cc(Cl)ccc1OCC(=O)NC(c1ccccc1)c1c(O)ccc2ccccc12. The first-order valence-electron chi connectivity index (χ1n) is 9.97. The number of phenolic OH excluding ortho intramolecular Hbond substituents is 1. The molecule has 2 N–H and O–H groups in total. The minimum absolute atomic E-state index is 0.127. The molecule has 0 aliphatic carbocycles. The van der Waals surface area contributed by atoms with Gasteiger partial charge in [0.1, 0.15) is 11.5 Å². The summed E-state index contributed by atoms with van der Waals surface area (Å²) in [7, 11) is 0. The number of aromatic hydroxyl groups is 1. The van der Waals surface area contributed by atoms with E-state index in [9.17, 15) is 9.90 Å².